The Hall–Kier alpha value is -1.50. The van der Waals surface area contributed by atoms with E-state index in [4.69, 9.17) is 4.74 Å². The van der Waals surface area contributed by atoms with Gasteiger partial charge >= 0.3 is 0 Å². The highest BCUT2D eigenvalue weighted by Crippen LogP contribution is 2.27. The summed E-state index contributed by atoms with van der Waals surface area (Å²) in [6.45, 7) is 0.413. The Bertz CT molecular complexity index is 387. The highest BCUT2D eigenvalue weighted by atomic mass is 16.5. The lowest BCUT2D eigenvalue weighted by molar-refractivity contribution is -0.124. The van der Waals surface area contributed by atoms with E-state index in [1.807, 2.05) is 4.68 Å². The number of hydrogen-bond acceptors (Lipinski definition) is 5. The molecule has 1 saturated carbocycles. The van der Waals surface area contributed by atoms with Crippen molar-refractivity contribution in [3.63, 3.8) is 0 Å². The van der Waals surface area contributed by atoms with Crippen LogP contribution in [0.1, 0.15) is 44.0 Å². The first kappa shape index (κ1) is 12.9. The molecule has 1 fully saturated rings. The van der Waals surface area contributed by atoms with Crippen molar-refractivity contribution in [3.05, 3.63) is 5.82 Å². The molecule has 18 heavy (non-hydrogen) atoms. The van der Waals surface area contributed by atoms with E-state index in [1.165, 1.54) is 26.4 Å². The van der Waals surface area contributed by atoms with Gasteiger partial charge in [-0.3, -0.25) is 4.79 Å². The first-order valence-electron chi connectivity index (χ1n) is 6.33. The van der Waals surface area contributed by atoms with Crippen LogP contribution in [0.5, 0.6) is 0 Å². The maximum atomic E-state index is 11.3. The Morgan fingerprint density at radius 1 is 1.44 bits per heavy atom. The molecule has 1 aliphatic rings. The van der Waals surface area contributed by atoms with Crippen LogP contribution in [0.4, 0.5) is 0 Å². The van der Waals surface area contributed by atoms with Crippen LogP contribution in [-0.4, -0.2) is 39.8 Å². The number of aromatic nitrogens is 4. The Morgan fingerprint density at radius 3 is 2.94 bits per heavy atom. The van der Waals surface area contributed by atoms with Crippen molar-refractivity contribution in [2.45, 2.75) is 44.7 Å². The summed E-state index contributed by atoms with van der Waals surface area (Å²) in [6.07, 6.45) is 5.96. The van der Waals surface area contributed by atoms with Gasteiger partial charge in [0, 0.05) is 7.11 Å². The molecule has 2 rings (SSSR count). The van der Waals surface area contributed by atoms with Crippen LogP contribution in [0.3, 0.4) is 0 Å². The molecule has 0 bridgehead atoms. The predicted octanol–water partition coefficient (Wildman–Crippen LogP) is 0.441. The van der Waals surface area contributed by atoms with Crippen molar-refractivity contribution in [2.75, 3.05) is 13.7 Å². The molecule has 100 valence electrons. The lowest BCUT2D eigenvalue weighted by Crippen LogP contribution is -2.29. The minimum Gasteiger partial charge on any atom is -0.375 e. The molecule has 1 heterocycles. The number of nitrogens with zero attached hydrogens (tertiary/aromatic N) is 4. The third-order valence-corrected chi connectivity index (χ3v) is 3.20. The number of carbonyl (C=O) groups excluding carboxylic acids is 1. The van der Waals surface area contributed by atoms with Crippen LogP contribution in [0.2, 0.25) is 0 Å². The molecule has 0 aliphatic heterocycles. The summed E-state index contributed by atoms with van der Waals surface area (Å²) in [7, 11) is 1.49. The molecule has 0 spiro atoms. The quantitative estimate of drug-likeness (QED) is 0.823. The van der Waals surface area contributed by atoms with E-state index in [0.717, 1.165) is 12.8 Å². The molecule has 0 saturated heterocycles. The monoisotopic (exact) mass is 253 g/mol. The molecule has 0 aromatic carbocycles. The molecule has 1 aliphatic carbocycles. The predicted molar refractivity (Wildman–Crippen MR) is 63.7 cm³/mol. The molecule has 1 amide bonds. The molecule has 1 N–H and O–H groups in total. The third kappa shape index (κ3) is 3.25. The number of carbonyl (C=O) groups is 1. The Balaban J connectivity index is 1.92. The van der Waals surface area contributed by atoms with Crippen molar-refractivity contribution in [2.24, 2.45) is 0 Å². The van der Waals surface area contributed by atoms with E-state index in [1.54, 1.807) is 0 Å². The summed E-state index contributed by atoms with van der Waals surface area (Å²) in [5.41, 5.74) is 0. The van der Waals surface area contributed by atoms with Crippen LogP contribution in [0.15, 0.2) is 0 Å². The van der Waals surface area contributed by atoms with Gasteiger partial charge in [0.2, 0.25) is 5.91 Å². The van der Waals surface area contributed by atoms with Gasteiger partial charge in [-0.2, -0.15) is 0 Å². The number of hydrogen-bond donors (Lipinski definition) is 1. The third-order valence-electron chi connectivity index (χ3n) is 3.20. The summed E-state index contributed by atoms with van der Waals surface area (Å²) in [6, 6.07) is 0.378. The van der Waals surface area contributed by atoms with Crippen molar-refractivity contribution < 1.29 is 9.53 Å². The molecule has 0 unspecified atom stereocenters. The van der Waals surface area contributed by atoms with Gasteiger partial charge in [0.25, 0.3) is 0 Å². The molecule has 0 atom stereocenters. The SMILES string of the molecule is COCC(=O)NCc1nnnn1C1CCCCC1. The number of amides is 1. The van der Waals surface area contributed by atoms with Gasteiger partial charge in [-0.05, 0) is 23.3 Å². The second-order valence-electron chi connectivity index (χ2n) is 4.54. The highest BCUT2D eigenvalue weighted by Gasteiger charge is 2.19. The van der Waals surface area contributed by atoms with Crippen LogP contribution >= 0.6 is 0 Å². The summed E-state index contributed by atoms with van der Waals surface area (Å²) in [5.74, 6) is 0.557. The van der Waals surface area contributed by atoms with Crippen LogP contribution in [0.25, 0.3) is 0 Å². The Labute approximate surface area is 106 Å². The molecular weight excluding hydrogens is 234 g/mol. The number of nitrogens with one attached hydrogen (secondary N) is 1. The van der Waals surface area contributed by atoms with Crippen molar-refractivity contribution >= 4 is 5.91 Å². The van der Waals surface area contributed by atoms with Crippen molar-refractivity contribution in [3.8, 4) is 0 Å². The van der Waals surface area contributed by atoms with Crippen LogP contribution in [-0.2, 0) is 16.1 Å². The second-order valence-corrected chi connectivity index (χ2v) is 4.54. The highest BCUT2D eigenvalue weighted by molar-refractivity contribution is 5.76. The zero-order valence-corrected chi connectivity index (χ0v) is 10.6. The summed E-state index contributed by atoms with van der Waals surface area (Å²) in [4.78, 5) is 11.3. The van der Waals surface area contributed by atoms with E-state index < -0.39 is 0 Å². The second kappa shape index (κ2) is 6.44. The van der Waals surface area contributed by atoms with Gasteiger partial charge < -0.3 is 10.1 Å². The minimum absolute atomic E-state index is 0.0605. The first-order valence-corrected chi connectivity index (χ1v) is 6.33. The molecule has 1 aromatic heterocycles. The van der Waals surface area contributed by atoms with Crippen LogP contribution in [0, 0.1) is 0 Å². The fourth-order valence-electron chi connectivity index (χ4n) is 2.30. The minimum atomic E-state index is -0.157. The number of methoxy groups -OCH3 is 1. The Morgan fingerprint density at radius 2 is 2.22 bits per heavy atom. The Kier molecular flexibility index (Phi) is 4.63. The molecule has 1 aromatic rings. The molecule has 7 heteroatoms. The van der Waals surface area contributed by atoms with Gasteiger partial charge in [0.05, 0.1) is 12.6 Å². The lowest BCUT2D eigenvalue weighted by atomic mass is 9.96. The maximum Gasteiger partial charge on any atom is 0.246 e. The molecule has 7 nitrogen and oxygen atoms in total. The lowest BCUT2D eigenvalue weighted by Gasteiger charge is -2.22. The summed E-state index contributed by atoms with van der Waals surface area (Å²) in [5, 5.41) is 14.4. The van der Waals surface area contributed by atoms with Gasteiger partial charge in [0.1, 0.15) is 6.61 Å². The topological polar surface area (TPSA) is 81.9 Å². The average Bonchev–Trinajstić information content (AvgIpc) is 2.86. The molecular formula is C11H19N5O2. The summed E-state index contributed by atoms with van der Waals surface area (Å²) >= 11 is 0. The van der Waals surface area contributed by atoms with Crippen LogP contribution < -0.4 is 5.32 Å². The maximum absolute atomic E-state index is 11.3. The number of rotatable bonds is 5. The van der Waals surface area contributed by atoms with Gasteiger partial charge in [-0.1, -0.05) is 19.3 Å². The van der Waals surface area contributed by atoms with E-state index in [9.17, 15) is 4.79 Å². The van der Waals surface area contributed by atoms with Crippen molar-refractivity contribution in [1.82, 2.24) is 25.5 Å². The smallest absolute Gasteiger partial charge is 0.246 e. The van der Waals surface area contributed by atoms with Gasteiger partial charge in [0.15, 0.2) is 5.82 Å². The largest absolute Gasteiger partial charge is 0.375 e. The zero-order valence-electron chi connectivity index (χ0n) is 10.6. The average molecular weight is 253 g/mol. The fourth-order valence-corrected chi connectivity index (χ4v) is 2.30. The van der Waals surface area contributed by atoms with E-state index >= 15 is 0 Å². The summed E-state index contributed by atoms with van der Waals surface area (Å²) < 4.78 is 6.60. The van der Waals surface area contributed by atoms with Crippen molar-refractivity contribution in [1.29, 1.82) is 0 Å². The first-order chi connectivity index (χ1) is 8.81. The normalized spacial score (nSPS) is 16.7. The van der Waals surface area contributed by atoms with E-state index in [0.29, 0.717) is 18.4 Å². The van der Waals surface area contributed by atoms with E-state index in [-0.39, 0.29) is 12.5 Å². The van der Waals surface area contributed by atoms with E-state index in [2.05, 4.69) is 20.8 Å². The van der Waals surface area contributed by atoms with Gasteiger partial charge in [-0.25, -0.2) is 4.68 Å². The number of tetrazole rings is 1. The standard InChI is InChI=1S/C11H19N5O2/c1-18-8-11(17)12-7-10-13-14-15-16(10)9-5-3-2-4-6-9/h9H,2-8H2,1H3,(H,12,17). The zero-order chi connectivity index (χ0) is 12.8. The molecule has 0 radical (unpaired) electrons. The fraction of sp³-hybridized carbons (Fsp3) is 0.818. The number of ether oxygens (including phenoxy) is 1. The van der Waals surface area contributed by atoms with Gasteiger partial charge in [-0.15, -0.1) is 5.10 Å².